The van der Waals surface area contributed by atoms with Crippen molar-refractivity contribution in [3.63, 3.8) is 0 Å². The molecule has 4 rings (SSSR count). The Labute approximate surface area is 190 Å². The number of methoxy groups -OCH3 is 1. The van der Waals surface area contributed by atoms with Gasteiger partial charge in [-0.2, -0.15) is 4.98 Å². The van der Waals surface area contributed by atoms with E-state index >= 15 is 0 Å². The van der Waals surface area contributed by atoms with Crippen molar-refractivity contribution in [1.82, 2.24) is 14.9 Å². The maximum Gasteiger partial charge on any atom is 0.322 e. The van der Waals surface area contributed by atoms with Crippen molar-refractivity contribution in [3.8, 4) is 5.88 Å². The summed E-state index contributed by atoms with van der Waals surface area (Å²) >= 11 is 0. The molecule has 1 aromatic heterocycles. The fourth-order valence-corrected chi connectivity index (χ4v) is 4.68. The monoisotopic (exact) mass is 445 g/mol. The first kappa shape index (κ1) is 23.1. The van der Waals surface area contributed by atoms with Gasteiger partial charge in [-0.1, -0.05) is 31.0 Å². The van der Waals surface area contributed by atoms with Gasteiger partial charge < -0.3 is 19.9 Å². The van der Waals surface area contributed by atoms with E-state index in [4.69, 9.17) is 4.74 Å². The predicted molar refractivity (Wildman–Crippen MR) is 125 cm³/mol. The molecule has 2 aliphatic heterocycles. The number of hydrogen-bond donors (Lipinski definition) is 1. The predicted octanol–water partition coefficient (Wildman–Crippen LogP) is 4.60. The van der Waals surface area contributed by atoms with Crippen LogP contribution in [0.1, 0.15) is 38.5 Å². The van der Waals surface area contributed by atoms with Crippen LogP contribution in [0.4, 0.5) is 16.4 Å². The maximum absolute atomic E-state index is 13.1. The van der Waals surface area contributed by atoms with Crippen LogP contribution < -0.4 is 15.0 Å². The molecular weight excluding hydrogens is 414 g/mol. The summed E-state index contributed by atoms with van der Waals surface area (Å²) in [5.41, 5.74) is 0.857. The molecule has 2 aliphatic rings. The largest absolute Gasteiger partial charge is 0.481 e. The Kier molecular flexibility index (Phi) is 8.35. The molecule has 0 aliphatic carbocycles. The van der Waals surface area contributed by atoms with E-state index in [1.165, 1.54) is 12.8 Å². The normalized spacial score (nSPS) is 19.8. The average Bonchev–Trinajstić information content (AvgIpc) is 3.06. The standard InChI is InChI=1S/C23H31N5O2.ClH/c1-30-21-11-14-24-22(26-21)27-16-12-18(13-17-27)20-10-6-3-7-15-28(20)23(29)25-19-8-4-2-5-9-19;/h2,4-5,8-9,11,14,18,20H,3,6-7,10,12-13,15-17H2,1H3,(H,25,29);1H. The first-order valence-corrected chi connectivity index (χ1v) is 11.0. The Morgan fingerprint density at radius 1 is 1.03 bits per heavy atom. The van der Waals surface area contributed by atoms with Gasteiger partial charge in [0.05, 0.1) is 7.11 Å². The van der Waals surface area contributed by atoms with Gasteiger partial charge in [0, 0.05) is 43.6 Å². The number of carbonyl (C=O) groups excluding carboxylic acids is 1. The van der Waals surface area contributed by atoms with Gasteiger partial charge in [-0.05, 0) is 43.7 Å². The van der Waals surface area contributed by atoms with Gasteiger partial charge in [0.15, 0.2) is 0 Å². The van der Waals surface area contributed by atoms with E-state index in [1.54, 1.807) is 19.4 Å². The topological polar surface area (TPSA) is 70.6 Å². The molecule has 1 unspecified atom stereocenters. The Balaban J connectivity index is 0.00000272. The minimum atomic E-state index is 0. The molecule has 0 spiro atoms. The molecule has 0 bridgehead atoms. The quantitative estimate of drug-likeness (QED) is 0.744. The number of piperidine rings is 1. The molecule has 1 atom stereocenters. The molecule has 0 radical (unpaired) electrons. The number of rotatable bonds is 4. The van der Waals surface area contributed by atoms with Crippen LogP contribution in [-0.4, -0.2) is 53.7 Å². The van der Waals surface area contributed by atoms with E-state index in [0.29, 0.717) is 17.8 Å². The summed E-state index contributed by atoms with van der Waals surface area (Å²) < 4.78 is 5.24. The number of ether oxygens (including phenoxy) is 1. The third kappa shape index (κ3) is 5.79. The number of nitrogens with zero attached hydrogens (tertiary/aromatic N) is 4. The van der Waals surface area contributed by atoms with E-state index in [0.717, 1.165) is 57.0 Å². The molecule has 8 heteroatoms. The van der Waals surface area contributed by atoms with Gasteiger partial charge in [-0.25, -0.2) is 9.78 Å². The molecule has 1 aromatic carbocycles. The van der Waals surface area contributed by atoms with Crippen molar-refractivity contribution >= 4 is 30.1 Å². The Hall–Kier alpha value is -2.54. The number of likely N-dealkylation sites (tertiary alicyclic amines) is 1. The SMILES string of the molecule is COc1ccnc(N2CCC(C3CCCCCN3C(=O)Nc3ccccc3)CC2)n1.Cl. The number of nitrogens with one attached hydrogen (secondary N) is 1. The van der Waals surface area contributed by atoms with E-state index < -0.39 is 0 Å². The number of anilines is 2. The highest BCUT2D eigenvalue weighted by atomic mass is 35.5. The zero-order valence-corrected chi connectivity index (χ0v) is 18.9. The fraction of sp³-hybridized carbons (Fsp3) is 0.522. The molecule has 7 nitrogen and oxygen atoms in total. The zero-order valence-electron chi connectivity index (χ0n) is 18.1. The van der Waals surface area contributed by atoms with E-state index in [9.17, 15) is 4.79 Å². The highest BCUT2D eigenvalue weighted by Gasteiger charge is 2.34. The Morgan fingerprint density at radius 2 is 1.81 bits per heavy atom. The highest BCUT2D eigenvalue weighted by Crippen LogP contribution is 2.31. The van der Waals surface area contributed by atoms with Crippen LogP contribution in [0.15, 0.2) is 42.6 Å². The van der Waals surface area contributed by atoms with E-state index in [1.807, 2.05) is 30.3 Å². The smallest absolute Gasteiger partial charge is 0.322 e. The molecule has 168 valence electrons. The van der Waals surface area contributed by atoms with Crippen molar-refractivity contribution in [2.75, 3.05) is 37.0 Å². The molecule has 2 aromatic rings. The van der Waals surface area contributed by atoms with Gasteiger partial charge in [0.2, 0.25) is 11.8 Å². The van der Waals surface area contributed by atoms with Gasteiger partial charge in [-0.3, -0.25) is 0 Å². The van der Waals surface area contributed by atoms with Crippen LogP contribution in [0.5, 0.6) is 5.88 Å². The Bertz CT molecular complexity index is 830. The number of aromatic nitrogens is 2. The second-order valence-corrected chi connectivity index (χ2v) is 8.13. The Morgan fingerprint density at radius 3 is 2.55 bits per heavy atom. The van der Waals surface area contributed by atoms with Crippen LogP contribution in [0.3, 0.4) is 0 Å². The first-order valence-electron chi connectivity index (χ1n) is 11.0. The summed E-state index contributed by atoms with van der Waals surface area (Å²) in [6, 6.07) is 11.8. The number of para-hydroxylation sites is 1. The van der Waals surface area contributed by atoms with Crippen molar-refractivity contribution in [3.05, 3.63) is 42.6 Å². The molecular formula is C23H32ClN5O2. The van der Waals surface area contributed by atoms with Gasteiger partial charge >= 0.3 is 6.03 Å². The summed E-state index contributed by atoms with van der Waals surface area (Å²) in [4.78, 5) is 26.3. The molecule has 31 heavy (non-hydrogen) atoms. The lowest BCUT2D eigenvalue weighted by Gasteiger charge is -2.40. The molecule has 2 amide bonds. The second-order valence-electron chi connectivity index (χ2n) is 8.13. The summed E-state index contributed by atoms with van der Waals surface area (Å²) in [5, 5.41) is 3.10. The molecule has 2 saturated heterocycles. The molecule has 3 heterocycles. The lowest BCUT2D eigenvalue weighted by atomic mass is 9.86. The van der Waals surface area contributed by atoms with Gasteiger partial charge in [0.1, 0.15) is 0 Å². The highest BCUT2D eigenvalue weighted by molar-refractivity contribution is 5.89. The number of halogens is 1. The summed E-state index contributed by atoms with van der Waals surface area (Å²) in [5.74, 6) is 1.83. The number of amides is 2. The molecule has 2 fully saturated rings. The minimum Gasteiger partial charge on any atom is -0.481 e. The van der Waals surface area contributed by atoms with Crippen LogP contribution in [0.2, 0.25) is 0 Å². The lowest BCUT2D eigenvalue weighted by Crippen LogP contribution is -2.49. The number of carbonyl (C=O) groups is 1. The number of urea groups is 1. The summed E-state index contributed by atoms with van der Waals surface area (Å²) in [7, 11) is 1.62. The maximum atomic E-state index is 13.1. The van der Waals surface area contributed by atoms with Crippen LogP contribution in [0, 0.1) is 5.92 Å². The van der Waals surface area contributed by atoms with Crippen LogP contribution >= 0.6 is 12.4 Å². The van der Waals surface area contributed by atoms with E-state index in [2.05, 4.69) is 25.1 Å². The lowest BCUT2D eigenvalue weighted by molar-refractivity contribution is 0.146. The van der Waals surface area contributed by atoms with E-state index in [-0.39, 0.29) is 18.4 Å². The van der Waals surface area contributed by atoms with Crippen LogP contribution in [0.25, 0.3) is 0 Å². The minimum absolute atomic E-state index is 0. The third-order valence-corrected chi connectivity index (χ3v) is 6.28. The average molecular weight is 446 g/mol. The first-order chi connectivity index (χ1) is 14.7. The second kappa shape index (κ2) is 11.2. The summed E-state index contributed by atoms with van der Waals surface area (Å²) in [6.45, 7) is 2.65. The number of hydrogen-bond acceptors (Lipinski definition) is 5. The molecule has 1 N–H and O–H groups in total. The van der Waals surface area contributed by atoms with Crippen molar-refractivity contribution in [2.24, 2.45) is 5.92 Å². The summed E-state index contributed by atoms with van der Waals surface area (Å²) in [6.07, 6.45) is 8.38. The zero-order chi connectivity index (χ0) is 20.8. The van der Waals surface area contributed by atoms with Crippen molar-refractivity contribution in [2.45, 2.75) is 44.6 Å². The van der Waals surface area contributed by atoms with Crippen molar-refractivity contribution < 1.29 is 9.53 Å². The van der Waals surface area contributed by atoms with Gasteiger partial charge in [0.25, 0.3) is 0 Å². The van der Waals surface area contributed by atoms with Crippen molar-refractivity contribution in [1.29, 1.82) is 0 Å². The third-order valence-electron chi connectivity index (χ3n) is 6.28. The number of benzene rings is 1. The van der Waals surface area contributed by atoms with Crippen LogP contribution in [-0.2, 0) is 0 Å². The fourth-order valence-electron chi connectivity index (χ4n) is 4.68. The van der Waals surface area contributed by atoms with Gasteiger partial charge in [-0.15, -0.1) is 12.4 Å². The molecule has 0 saturated carbocycles.